The predicted molar refractivity (Wildman–Crippen MR) is 43.3 cm³/mol. The van der Waals surface area contributed by atoms with Crippen LogP contribution in [-0.2, 0) is 13.6 Å². The van der Waals surface area contributed by atoms with Crippen molar-refractivity contribution in [1.82, 2.24) is 9.97 Å². The van der Waals surface area contributed by atoms with Crippen LogP contribution in [0.3, 0.4) is 0 Å². The Morgan fingerprint density at radius 1 is 1.25 bits per heavy atom. The first-order chi connectivity index (χ1) is 5.73. The molecule has 5 nitrogen and oxygen atoms in total. The van der Waals surface area contributed by atoms with Gasteiger partial charge in [0.1, 0.15) is 0 Å². The van der Waals surface area contributed by atoms with Gasteiger partial charge in [-0.05, 0) is 6.07 Å². The fraction of sp³-hybridized carbons (Fsp3) is 0.333. The number of hydrogen-bond donors (Lipinski definition) is 0. The molecule has 6 heteroatoms. The van der Waals surface area contributed by atoms with E-state index in [0.29, 0.717) is 0 Å². The lowest BCUT2D eigenvalue weighted by Gasteiger charge is -2.10. The quantitative estimate of drug-likeness (QED) is 0.649. The molecule has 1 aromatic rings. The summed E-state index contributed by atoms with van der Waals surface area (Å²) < 4.78 is 20.9. The number of nitrogens with zero attached hydrogens (tertiary/aromatic N) is 2. The van der Waals surface area contributed by atoms with Crippen LogP contribution >= 0.6 is 7.60 Å². The second kappa shape index (κ2) is 3.76. The largest absolute Gasteiger partial charge is 0.397 e. The van der Waals surface area contributed by atoms with Crippen molar-refractivity contribution in [1.29, 1.82) is 0 Å². The fourth-order valence-corrected chi connectivity index (χ4v) is 1.56. The first-order valence-electron chi connectivity index (χ1n) is 3.22. The molecule has 0 saturated carbocycles. The molecule has 66 valence electrons. The van der Waals surface area contributed by atoms with Crippen molar-refractivity contribution in [2.75, 3.05) is 14.2 Å². The molecule has 0 radical (unpaired) electrons. The second-order valence-corrected chi connectivity index (χ2v) is 4.04. The maximum Gasteiger partial charge on any atom is 0.397 e. The van der Waals surface area contributed by atoms with Gasteiger partial charge in [-0.25, -0.2) is 9.97 Å². The molecule has 1 aromatic heterocycles. The summed E-state index contributed by atoms with van der Waals surface area (Å²) in [6.45, 7) is 0. The van der Waals surface area contributed by atoms with Crippen molar-refractivity contribution in [2.24, 2.45) is 0 Å². The molecule has 0 unspecified atom stereocenters. The topological polar surface area (TPSA) is 61.3 Å². The molecule has 0 aliphatic carbocycles. The Bertz CT molecular complexity index is 282. The van der Waals surface area contributed by atoms with Crippen molar-refractivity contribution in [3.63, 3.8) is 0 Å². The number of aromatic nitrogens is 2. The lowest BCUT2D eigenvalue weighted by molar-refractivity contribution is 0.285. The summed E-state index contributed by atoms with van der Waals surface area (Å²) in [6, 6.07) is 1.62. The van der Waals surface area contributed by atoms with E-state index in [1.807, 2.05) is 0 Å². The minimum atomic E-state index is -3.26. The van der Waals surface area contributed by atoms with Crippen LogP contribution in [0, 0.1) is 0 Å². The van der Waals surface area contributed by atoms with Crippen LogP contribution in [-0.4, -0.2) is 24.2 Å². The standard InChI is InChI=1S/C6H9N2O3P/c1-10-12(9,11-2)6-7-4-3-5-8-6/h3-5H,1-2H3. The summed E-state index contributed by atoms with van der Waals surface area (Å²) in [4.78, 5) is 7.54. The van der Waals surface area contributed by atoms with Crippen molar-refractivity contribution in [3.05, 3.63) is 18.5 Å². The summed E-state index contributed by atoms with van der Waals surface area (Å²) in [6.07, 6.45) is 2.96. The van der Waals surface area contributed by atoms with Gasteiger partial charge in [0.05, 0.1) is 0 Å². The maximum absolute atomic E-state index is 11.6. The highest BCUT2D eigenvalue weighted by atomic mass is 31.2. The zero-order valence-corrected chi connectivity index (χ0v) is 7.69. The minimum absolute atomic E-state index is 0.0787. The normalized spacial score (nSPS) is 11.5. The molecule has 0 amide bonds. The third-order valence-electron chi connectivity index (χ3n) is 1.28. The molecule has 0 spiro atoms. The maximum atomic E-state index is 11.6. The monoisotopic (exact) mass is 188 g/mol. The smallest absolute Gasteiger partial charge is 0.306 e. The zero-order valence-electron chi connectivity index (χ0n) is 6.80. The van der Waals surface area contributed by atoms with E-state index in [2.05, 4.69) is 19.0 Å². The Hall–Kier alpha value is -0.770. The van der Waals surface area contributed by atoms with Gasteiger partial charge < -0.3 is 9.05 Å². The number of rotatable bonds is 3. The second-order valence-electron chi connectivity index (χ2n) is 1.91. The lowest BCUT2D eigenvalue weighted by atomic mass is 10.7. The molecule has 0 fully saturated rings. The molecule has 0 aliphatic rings. The Morgan fingerprint density at radius 2 is 1.75 bits per heavy atom. The van der Waals surface area contributed by atoms with E-state index in [4.69, 9.17) is 0 Å². The Morgan fingerprint density at radius 3 is 2.17 bits per heavy atom. The first kappa shape index (κ1) is 9.32. The Kier molecular flexibility index (Phi) is 2.92. The summed E-state index contributed by atoms with van der Waals surface area (Å²) in [5.41, 5.74) is 0.0787. The van der Waals surface area contributed by atoms with Crippen LogP contribution in [0.2, 0.25) is 0 Å². The van der Waals surface area contributed by atoms with Crippen LogP contribution in [0.1, 0.15) is 0 Å². The van der Waals surface area contributed by atoms with Gasteiger partial charge >= 0.3 is 7.60 Å². The van der Waals surface area contributed by atoms with E-state index in [-0.39, 0.29) is 5.57 Å². The molecule has 0 N–H and O–H groups in total. The molecule has 0 aromatic carbocycles. The molecule has 0 bridgehead atoms. The highest BCUT2D eigenvalue weighted by Gasteiger charge is 2.27. The molecular weight excluding hydrogens is 179 g/mol. The van der Waals surface area contributed by atoms with Gasteiger partial charge in [0, 0.05) is 26.6 Å². The zero-order chi connectivity index (χ0) is 9.03. The van der Waals surface area contributed by atoms with Gasteiger partial charge in [-0.3, -0.25) is 4.57 Å². The van der Waals surface area contributed by atoms with E-state index in [9.17, 15) is 4.57 Å². The highest BCUT2D eigenvalue weighted by Crippen LogP contribution is 2.43. The van der Waals surface area contributed by atoms with Gasteiger partial charge in [-0.15, -0.1) is 0 Å². The highest BCUT2D eigenvalue weighted by molar-refractivity contribution is 7.61. The average molecular weight is 188 g/mol. The SMILES string of the molecule is COP(=O)(OC)c1ncccn1. The van der Waals surface area contributed by atoms with Gasteiger partial charge in [0.15, 0.2) is 0 Å². The van der Waals surface area contributed by atoms with E-state index < -0.39 is 7.60 Å². The van der Waals surface area contributed by atoms with E-state index in [1.54, 1.807) is 6.07 Å². The van der Waals surface area contributed by atoms with Crippen LogP contribution in [0.15, 0.2) is 18.5 Å². The van der Waals surface area contributed by atoms with Crippen molar-refractivity contribution in [3.8, 4) is 0 Å². The summed E-state index contributed by atoms with van der Waals surface area (Å²) in [7, 11) is -0.671. The molecule has 1 heterocycles. The minimum Gasteiger partial charge on any atom is -0.306 e. The number of hydrogen-bond acceptors (Lipinski definition) is 5. The van der Waals surface area contributed by atoms with Crippen LogP contribution in [0.4, 0.5) is 0 Å². The van der Waals surface area contributed by atoms with Crippen molar-refractivity contribution < 1.29 is 13.6 Å². The van der Waals surface area contributed by atoms with Crippen LogP contribution < -0.4 is 5.57 Å². The lowest BCUT2D eigenvalue weighted by Crippen LogP contribution is -2.15. The third-order valence-corrected chi connectivity index (χ3v) is 2.96. The predicted octanol–water partition coefficient (Wildman–Crippen LogP) is 0.588. The molecule has 0 aliphatic heterocycles. The van der Waals surface area contributed by atoms with Gasteiger partial charge in [-0.2, -0.15) is 0 Å². The summed E-state index contributed by atoms with van der Waals surface area (Å²) in [5.74, 6) is 0. The van der Waals surface area contributed by atoms with E-state index in [1.165, 1.54) is 26.6 Å². The average Bonchev–Trinajstić information content (AvgIpc) is 2.18. The third kappa shape index (κ3) is 1.69. The van der Waals surface area contributed by atoms with E-state index >= 15 is 0 Å². The molecule has 0 atom stereocenters. The molecule has 1 rings (SSSR count). The van der Waals surface area contributed by atoms with Crippen molar-refractivity contribution in [2.45, 2.75) is 0 Å². The van der Waals surface area contributed by atoms with Crippen molar-refractivity contribution >= 4 is 13.2 Å². The van der Waals surface area contributed by atoms with Crippen LogP contribution in [0.5, 0.6) is 0 Å². The first-order valence-corrected chi connectivity index (χ1v) is 4.76. The Labute approximate surface area is 70.3 Å². The summed E-state index contributed by atoms with van der Waals surface area (Å²) in [5, 5.41) is 0. The molecule has 0 saturated heterocycles. The fourth-order valence-electron chi connectivity index (χ4n) is 0.670. The Balaban J connectivity index is 3.04. The molecular formula is C6H9N2O3P. The van der Waals surface area contributed by atoms with Gasteiger partial charge in [0.2, 0.25) is 5.57 Å². The van der Waals surface area contributed by atoms with Crippen LogP contribution in [0.25, 0.3) is 0 Å². The summed E-state index contributed by atoms with van der Waals surface area (Å²) >= 11 is 0. The molecule has 12 heavy (non-hydrogen) atoms. The van der Waals surface area contributed by atoms with Gasteiger partial charge in [0.25, 0.3) is 0 Å². The van der Waals surface area contributed by atoms with Gasteiger partial charge in [-0.1, -0.05) is 0 Å². The van der Waals surface area contributed by atoms with E-state index in [0.717, 1.165) is 0 Å².